The van der Waals surface area contributed by atoms with E-state index in [4.69, 9.17) is 14.2 Å². The molecule has 3 rings (SSSR count). The number of likely N-dealkylation sites (tertiary alicyclic amines) is 1. The van der Waals surface area contributed by atoms with Crippen LogP contribution in [0.5, 0.6) is 0 Å². The lowest BCUT2D eigenvalue weighted by Crippen LogP contribution is -2.45. The van der Waals surface area contributed by atoms with Crippen molar-refractivity contribution in [1.82, 2.24) is 20.5 Å². The highest BCUT2D eigenvalue weighted by Crippen LogP contribution is 2.25. The highest BCUT2D eigenvalue weighted by atomic mass is 19.1. The molecule has 1 aromatic heterocycles. The normalized spacial score (nSPS) is 16.6. The fourth-order valence-electron chi connectivity index (χ4n) is 5.32. The van der Waals surface area contributed by atoms with Crippen LogP contribution in [-0.4, -0.2) is 83.0 Å². The van der Waals surface area contributed by atoms with E-state index in [0.717, 1.165) is 5.56 Å². The molecule has 3 N–H and O–H groups in total. The summed E-state index contributed by atoms with van der Waals surface area (Å²) < 4.78 is 31.0. The number of aromatic nitrogens is 1. The number of anilines is 1. The van der Waals surface area contributed by atoms with Crippen molar-refractivity contribution < 1.29 is 37.8 Å². The summed E-state index contributed by atoms with van der Waals surface area (Å²) in [4.78, 5) is 57.4. The number of hydrogen-bond acceptors (Lipinski definition) is 9. The molecule has 2 aromatic rings. The van der Waals surface area contributed by atoms with Gasteiger partial charge in [0.15, 0.2) is 0 Å². The average molecular weight is 686 g/mol. The number of benzene rings is 1. The molecule has 0 bridgehead atoms. The zero-order chi connectivity index (χ0) is 36.7. The van der Waals surface area contributed by atoms with E-state index in [1.54, 1.807) is 79.3 Å². The van der Waals surface area contributed by atoms with Crippen molar-refractivity contribution in [3.05, 3.63) is 58.5 Å². The summed E-state index contributed by atoms with van der Waals surface area (Å²) in [5, 5.41) is 8.79. The number of nitrogens with one attached hydrogen (secondary N) is 3. The molecule has 49 heavy (non-hydrogen) atoms. The number of pyridine rings is 1. The van der Waals surface area contributed by atoms with Crippen LogP contribution in [0.3, 0.4) is 0 Å². The average Bonchev–Trinajstić information content (AvgIpc) is 3.29. The zero-order valence-corrected chi connectivity index (χ0v) is 30.4. The predicted molar refractivity (Wildman–Crippen MR) is 184 cm³/mol. The predicted octanol–water partition coefficient (Wildman–Crippen LogP) is 5.56. The van der Waals surface area contributed by atoms with Gasteiger partial charge in [0.05, 0.1) is 18.2 Å². The molecule has 0 radical (unpaired) electrons. The van der Waals surface area contributed by atoms with Crippen LogP contribution in [0.2, 0.25) is 0 Å². The summed E-state index contributed by atoms with van der Waals surface area (Å²) in [6.07, 6.45) is -0.399. The second kappa shape index (κ2) is 16.0. The molecule has 1 aliphatic heterocycles. The molecular weight excluding hydrogens is 633 g/mol. The third kappa shape index (κ3) is 13.3. The summed E-state index contributed by atoms with van der Waals surface area (Å²) >= 11 is 0. The smallest absolute Gasteiger partial charge is 0.413 e. The van der Waals surface area contributed by atoms with E-state index in [0.29, 0.717) is 36.6 Å². The minimum absolute atomic E-state index is 0.0423. The maximum absolute atomic E-state index is 14.6. The molecule has 2 heterocycles. The van der Waals surface area contributed by atoms with Crippen molar-refractivity contribution in [2.24, 2.45) is 5.92 Å². The Bertz CT molecular complexity index is 1510. The van der Waals surface area contributed by atoms with Gasteiger partial charge in [-0.3, -0.25) is 10.1 Å². The van der Waals surface area contributed by atoms with Crippen molar-refractivity contribution in [2.45, 2.75) is 105 Å². The van der Waals surface area contributed by atoms with Crippen LogP contribution in [-0.2, 0) is 31.8 Å². The number of hydrogen-bond donors (Lipinski definition) is 3. The molecule has 1 aliphatic rings. The van der Waals surface area contributed by atoms with E-state index < -0.39 is 46.8 Å². The monoisotopic (exact) mass is 685 g/mol. The van der Waals surface area contributed by atoms with Crippen LogP contribution in [0.4, 0.5) is 19.8 Å². The van der Waals surface area contributed by atoms with Gasteiger partial charge in [-0.2, -0.15) is 0 Å². The molecule has 1 saturated heterocycles. The molecule has 0 spiro atoms. The second-order valence-electron chi connectivity index (χ2n) is 15.4. The molecule has 270 valence electrons. The van der Waals surface area contributed by atoms with Crippen molar-refractivity contribution in [3.63, 3.8) is 0 Å². The Balaban J connectivity index is 1.67. The number of amides is 3. The Labute approximate surface area is 288 Å². The number of rotatable bonds is 10. The Morgan fingerprint density at radius 2 is 1.57 bits per heavy atom. The largest absolute Gasteiger partial charge is 0.456 e. The Morgan fingerprint density at radius 1 is 0.918 bits per heavy atom. The molecular formula is C36H52FN5O7. The van der Waals surface area contributed by atoms with Gasteiger partial charge in [-0.15, -0.1) is 0 Å². The quantitative estimate of drug-likeness (QED) is 0.166. The molecule has 0 saturated carbocycles. The number of nitrogens with zero attached hydrogens (tertiary/aromatic N) is 2. The molecule has 1 fully saturated rings. The lowest BCUT2D eigenvalue weighted by Gasteiger charge is -2.24. The molecule has 12 nitrogen and oxygen atoms in total. The molecule has 0 aliphatic carbocycles. The van der Waals surface area contributed by atoms with E-state index in [1.165, 1.54) is 12.1 Å². The van der Waals surface area contributed by atoms with Gasteiger partial charge >= 0.3 is 18.2 Å². The fraction of sp³-hybridized carbons (Fsp3) is 0.583. The standard InChI is InChI=1S/C36H52FN5O7/c1-22-16-25(39-28(17-22)41-32(45)48-35(5,6)7)18-24-20-42(33(46)49-36(8,9)10)21-27(24)40-29(43)19-38-15-14-23-12-11-13-26(37)30(23)31(44)47-34(2,3)4/h11-13,16-17,24,27,38H,14-15,18-21H2,1-10H3,(H,40,43)(H,39,41,45). The first-order chi connectivity index (χ1) is 22.6. The van der Waals surface area contributed by atoms with Crippen LogP contribution in [0.25, 0.3) is 0 Å². The SMILES string of the molecule is Cc1cc(CC2CN(C(=O)OC(C)(C)C)CC2NC(=O)CNCCc2cccc(F)c2C(=O)OC(C)(C)C)nc(NC(=O)OC(C)(C)C)c1. The van der Waals surface area contributed by atoms with Gasteiger partial charge in [-0.25, -0.2) is 23.8 Å². The summed E-state index contributed by atoms with van der Waals surface area (Å²) in [6.45, 7) is 18.5. The summed E-state index contributed by atoms with van der Waals surface area (Å²) in [6, 6.07) is 7.63. The van der Waals surface area contributed by atoms with Crippen LogP contribution in [0, 0.1) is 18.7 Å². The van der Waals surface area contributed by atoms with Gasteiger partial charge in [0.1, 0.15) is 28.4 Å². The highest BCUT2D eigenvalue weighted by molar-refractivity contribution is 5.91. The number of carbonyl (C=O) groups excluding carboxylic acids is 4. The Kier molecular flexibility index (Phi) is 12.8. The van der Waals surface area contributed by atoms with Crippen LogP contribution in [0.1, 0.15) is 89.5 Å². The van der Waals surface area contributed by atoms with Gasteiger partial charge in [0, 0.05) is 24.7 Å². The maximum Gasteiger partial charge on any atom is 0.413 e. The van der Waals surface area contributed by atoms with E-state index >= 15 is 0 Å². The maximum atomic E-state index is 14.6. The molecule has 1 aromatic carbocycles. The zero-order valence-electron chi connectivity index (χ0n) is 30.4. The van der Waals surface area contributed by atoms with Crippen LogP contribution < -0.4 is 16.0 Å². The van der Waals surface area contributed by atoms with Gasteiger partial charge in [-0.05, 0) is 118 Å². The van der Waals surface area contributed by atoms with Crippen molar-refractivity contribution >= 4 is 29.9 Å². The van der Waals surface area contributed by atoms with Crippen LogP contribution >= 0.6 is 0 Å². The second-order valence-corrected chi connectivity index (χ2v) is 15.4. The number of ether oxygens (including phenoxy) is 3. The van der Waals surface area contributed by atoms with E-state index in [1.807, 2.05) is 13.0 Å². The Morgan fingerprint density at radius 3 is 2.20 bits per heavy atom. The van der Waals surface area contributed by atoms with E-state index in [2.05, 4.69) is 20.9 Å². The van der Waals surface area contributed by atoms with Gasteiger partial charge in [0.25, 0.3) is 0 Å². The summed E-state index contributed by atoms with van der Waals surface area (Å²) in [5.74, 6) is -1.57. The van der Waals surface area contributed by atoms with E-state index in [9.17, 15) is 23.6 Å². The number of esters is 1. The number of aryl methyl sites for hydroxylation is 1. The summed E-state index contributed by atoms with van der Waals surface area (Å²) in [5.41, 5.74) is -0.242. The first kappa shape index (κ1) is 39.2. The lowest BCUT2D eigenvalue weighted by molar-refractivity contribution is -0.121. The minimum Gasteiger partial charge on any atom is -0.456 e. The third-order valence-corrected chi connectivity index (χ3v) is 7.12. The first-order valence-electron chi connectivity index (χ1n) is 16.5. The minimum atomic E-state index is -0.779. The van der Waals surface area contributed by atoms with Gasteiger partial charge < -0.3 is 29.7 Å². The first-order valence-corrected chi connectivity index (χ1v) is 16.5. The lowest BCUT2D eigenvalue weighted by atomic mass is 9.97. The van der Waals surface area contributed by atoms with E-state index in [-0.39, 0.29) is 36.9 Å². The topological polar surface area (TPSA) is 148 Å². The van der Waals surface area contributed by atoms with Gasteiger partial charge in [-0.1, -0.05) is 12.1 Å². The molecule has 3 amide bonds. The van der Waals surface area contributed by atoms with Crippen molar-refractivity contribution in [2.75, 3.05) is 31.5 Å². The summed E-state index contributed by atoms with van der Waals surface area (Å²) in [7, 11) is 0. The molecule has 13 heteroatoms. The Hall–Kier alpha value is -4.26. The molecule has 2 unspecified atom stereocenters. The van der Waals surface area contributed by atoms with Crippen LogP contribution in [0.15, 0.2) is 30.3 Å². The van der Waals surface area contributed by atoms with Crippen molar-refractivity contribution in [3.8, 4) is 0 Å². The number of carbonyl (C=O) groups is 4. The van der Waals surface area contributed by atoms with Crippen molar-refractivity contribution in [1.29, 1.82) is 0 Å². The molecule has 2 atom stereocenters. The fourth-order valence-corrected chi connectivity index (χ4v) is 5.32. The highest BCUT2D eigenvalue weighted by Gasteiger charge is 2.38. The number of halogens is 1. The van der Waals surface area contributed by atoms with Gasteiger partial charge in [0.2, 0.25) is 5.91 Å². The third-order valence-electron chi connectivity index (χ3n) is 7.12.